The molecule has 0 saturated heterocycles. The summed E-state index contributed by atoms with van der Waals surface area (Å²) in [4.78, 5) is 25.0. The Morgan fingerprint density at radius 2 is 1.58 bits per heavy atom. The fraction of sp³-hybridized carbons (Fsp3) is 0.263. The molecule has 2 rings (SSSR count). The minimum atomic E-state index is -0.183. The third-order valence-corrected chi connectivity index (χ3v) is 4.56. The third kappa shape index (κ3) is 5.74. The molecular formula is C19H22N2O2S. The van der Waals surface area contributed by atoms with Gasteiger partial charge in [-0.15, -0.1) is 11.8 Å². The van der Waals surface area contributed by atoms with Crippen molar-refractivity contribution in [2.75, 3.05) is 13.1 Å². The van der Waals surface area contributed by atoms with Crippen LogP contribution in [-0.2, 0) is 4.79 Å². The molecule has 126 valence electrons. The van der Waals surface area contributed by atoms with Crippen LogP contribution >= 0.6 is 11.8 Å². The summed E-state index contributed by atoms with van der Waals surface area (Å²) < 4.78 is 0. The molecule has 0 bridgehead atoms. The molecule has 0 aliphatic rings. The Labute approximate surface area is 147 Å². The Morgan fingerprint density at radius 3 is 2.25 bits per heavy atom. The number of rotatable bonds is 7. The molecule has 2 aromatic carbocycles. The van der Waals surface area contributed by atoms with Gasteiger partial charge in [-0.1, -0.05) is 35.9 Å². The number of nitrogens with one attached hydrogen (secondary N) is 2. The lowest BCUT2D eigenvalue weighted by Gasteiger charge is -2.12. The molecule has 1 atom stereocenters. The van der Waals surface area contributed by atoms with Gasteiger partial charge in [0.15, 0.2) is 0 Å². The van der Waals surface area contributed by atoms with E-state index in [1.807, 2.05) is 56.3 Å². The predicted octanol–water partition coefficient (Wildman–Crippen LogP) is 3.02. The van der Waals surface area contributed by atoms with Gasteiger partial charge < -0.3 is 10.6 Å². The van der Waals surface area contributed by atoms with E-state index in [-0.39, 0.29) is 17.1 Å². The van der Waals surface area contributed by atoms with Gasteiger partial charge in [-0.2, -0.15) is 0 Å². The molecule has 0 radical (unpaired) electrons. The van der Waals surface area contributed by atoms with E-state index in [1.165, 1.54) is 17.3 Å². The first-order valence-corrected chi connectivity index (χ1v) is 8.78. The summed E-state index contributed by atoms with van der Waals surface area (Å²) >= 11 is 1.52. The minimum Gasteiger partial charge on any atom is -0.353 e. The summed E-state index contributed by atoms with van der Waals surface area (Å²) in [7, 11) is 0. The van der Waals surface area contributed by atoms with Gasteiger partial charge in [-0.25, -0.2) is 0 Å². The highest BCUT2D eigenvalue weighted by atomic mass is 32.2. The largest absolute Gasteiger partial charge is 0.353 e. The molecule has 0 aliphatic carbocycles. The number of carbonyl (C=O) groups excluding carboxylic acids is 2. The van der Waals surface area contributed by atoms with Gasteiger partial charge in [0.2, 0.25) is 5.91 Å². The summed E-state index contributed by atoms with van der Waals surface area (Å²) in [6, 6.07) is 17.1. The number of amides is 2. The van der Waals surface area contributed by atoms with Gasteiger partial charge in [0.05, 0.1) is 5.25 Å². The van der Waals surface area contributed by atoms with Crippen molar-refractivity contribution in [2.45, 2.75) is 24.0 Å². The molecule has 2 N–H and O–H groups in total. The van der Waals surface area contributed by atoms with Crippen LogP contribution < -0.4 is 10.6 Å². The molecule has 5 heteroatoms. The van der Waals surface area contributed by atoms with Crippen LogP contribution in [0.3, 0.4) is 0 Å². The van der Waals surface area contributed by atoms with Crippen LogP contribution in [0.25, 0.3) is 0 Å². The van der Waals surface area contributed by atoms with Gasteiger partial charge in [0.25, 0.3) is 5.91 Å². The maximum atomic E-state index is 12.1. The number of aryl methyl sites for hydroxylation is 1. The summed E-state index contributed by atoms with van der Waals surface area (Å²) in [5.74, 6) is -0.165. The van der Waals surface area contributed by atoms with E-state index in [4.69, 9.17) is 0 Å². The highest BCUT2D eigenvalue weighted by molar-refractivity contribution is 8.00. The first-order chi connectivity index (χ1) is 11.6. The Hall–Kier alpha value is -2.27. The van der Waals surface area contributed by atoms with Gasteiger partial charge in [0.1, 0.15) is 0 Å². The average molecular weight is 342 g/mol. The van der Waals surface area contributed by atoms with E-state index in [0.717, 1.165) is 4.90 Å². The molecule has 0 aliphatic heterocycles. The van der Waals surface area contributed by atoms with Gasteiger partial charge in [-0.3, -0.25) is 9.59 Å². The van der Waals surface area contributed by atoms with E-state index in [9.17, 15) is 9.59 Å². The zero-order chi connectivity index (χ0) is 17.4. The first kappa shape index (κ1) is 18.1. The molecule has 2 aromatic rings. The van der Waals surface area contributed by atoms with Gasteiger partial charge >= 0.3 is 0 Å². The van der Waals surface area contributed by atoms with Gasteiger partial charge in [0, 0.05) is 23.5 Å². The summed E-state index contributed by atoms with van der Waals surface area (Å²) in [5, 5.41) is 5.45. The number of carbonyl (C=O) groups is 2. The zero-order valence-electron chi connectivity index (χ0n) is 13.9. The molecule has 2 amide bonds. The van der Waals surface area contributed by atoms with E-state index < -0.39 is 0 Å². The van der Waals surface area contributed by atoms with Crippen molar-refractivity contribution < 1.29 is 9.59 Å². The molecule has 24 heavy (non-hydrogen) atoms. The van der Waals surface area contributed by atoms with E-state index in [0.29, 0.717) is 18.7 Å². The number of hydrogen-bond acceptors (Lipinski definition) is 3. The van der Waals surface area contributed by atoms with Crippen molar-refractivity contribution in [1.82, 2.24) is 10.6 Å². The quantitative estimate of drug-likeness (QED) is 0.601. The second kappa shape index (κ2) is 9.13. The predicted molar refractivity (Wildman–Crippen MR) is 98.3 cm³/mol. The maximum absolute atomic E-state index is 12.1. The van der Waals surface area contributed by atoms with Crippen molar-refractivity contribution in [1.29, 1.82) is 0 Å². The summed E-state index contributed by atoms with van der Waals surface area (Å²) in [6.45, 7) is 4.73. The molecular weight excluding hydrogens is 320 g/mol. The minimum absolute atomic E-state index is 0.0328. The van der Waals surface area contributed by atoms with Crippen LogP contribution in [0.4, 0.5) is 0 Å². The normalized spacial score (nSPS) is 11.6. The lowest BCUT2D eigenvalue weighted by molar-refractivity contribution is -0.120. The number of benzene rings is 2. The fourth-order valence-electron chi connectivity index (χ4n) is 2.07. The Balaban J connectivity index is 1.69. The summed E-state index contributed by atoms with van der Waals surface area (Å²) in [5.41, 5.74) is 1.82. The van der Waals surface area contributed by atoms with Crippen LogP contribution in [0, 0.1) is 6.92 Å². The van der Waals surface area contributed by atoms with Crippen LogP contribution in [0.5, 0.6) is 0 Å². The first-order valence-electron chi connectivity index (χ1n) is 7.90. The third-order valence-electron chi connectivity index (χ3n) is 3.45. The molecule has 0 fully saturated rings. The van der Waals surface area contributed by atoms with Crippen LogP contribution in [0.15, 0.2) is 59.5 Å². The number of thioether (sulfide) groups is 1. The lowest BCUT2D eigenvalue weighted by Crippen LogP contribution is -2.37. The highest BCUT2D eigenvalue weighted by Crippen LogP contribution is 2.23. The van der Waals surface area contributed by atoms with Crippen molar-refractivity contribution in [2.24, 2.45) is 0 Å². The lowest BCUT2D eigenvalue weighted by atomic mass is 10.2. The van der Waals surface area contributed by atoms with Crippen LogP contribution in [0.2, 0.25) is 0 Å². The Kier molecular flexibility index (Phi) is 6.88. The second-order valence-electron chi connectivity index (χ2n) is 5.49. The fourth-order valence-corrected chi connectivity index (χ4v) is 2.96. The Morgan fingerprint density at radius 1 is 0.958 bits per heavy atom. The Bertz CT molecular complexity index is 672. The highest BCUT2D eigenvalue weighted by Gasteiger charge is 2.13. The van der Waals surface area contributed by atoms with E-state index in [1.54, 1.807) is 12.1 Å². The average Bonchev–Trinajstić information content (AvgIpc) is 2.61. The second-order valence-corrected chi connectivity index (χ2v) is 6.90. The molecule has 0 unspecified atom stereocenters. The van der Waals surface area contributed by atoms with Crippen LogP contribution in [-0.4, -0.2) is 30.2 Å². The van der Waals surface area contributed by atoms with Crippen molar-refractivity contribution in [3.8, 4) is 0 Å². The van der Waals surface area contributed by atoms with E-state index >= 15 is 0 Å². The molecule has 4 nitrogen and oxygen atoms in total. The number of hydrogen-bond donors (Lipinski definition) is 2. The van der Waals surface area contributed by atoms with Crippen molar-refractivity contribution >= 4 is 23.6 Å². The standard InChI is InChI=1S/C19H22N2O2S/c1-14-8-10-17(11-9-14)24-15(2)18(22)20-12-13-21-19(23)16-6-4-3-5-7-16/h3-11,15H,12-13H2,1-2H3,(H,20,22)(H,21,23)/t15-/m1/s1. The maximum Gasteiger partial charge on any atom is 0.251 e. The van der Waals surface area contributed by atoms with Crippen LogP contribution in [0.1, 0.15) is 22.8 Å². The molecule has 0 saturated carbocycles. The molecule has 0 heterocycles. The topological polar surface area (TPSA) is 58.2 Å². The summed E-state index contributed by atoms with van der Waals surface area (Å²) in [6.07, 6.45) is 0. The zero-order valence-corrected chi connectivity index (χ0v) is 14.7. The smallest absolute Gasteiger partial charge is 0.251 e. The van der Waals surface area contributed by atoms with Crippen molar-refractivity contribution in [3.63, 3.8) is 0 Å². The van der Waals surface area contributed by atoms with Gasteiger partial charge in [-0.05, 0) is 38.1 Å². The van der Waals surface area contributed by atoms with E-state index in [2.05, 4.69) is 10.6 Å². The molecule has 0 aromatic heterocycles. The van der Waals surface area contributed by atoms with Crippen molar-refractivity contribution in [3.05, 3.63) is 65.7 Å². The molecule has 0 spiro atoms. The monoisotopic (exact) mass is 342 g/mol. The SMILES string of the molecule is Cc1ccc(S[C@H](C)C(=O)NCCNC(=O)c2ccccc2)cc1.